The van der Waals surface area contributed by atoms with E-state index in [0.29, 0.717) is 0 Å². The Morgan fingerprint density at radius 1 is 1.04 bits per heavy atom. The Morgan fingerprint density at radius 3 is 2.41 bits per heavy atom. The number of methoxy groups -OCH3 is 2. The van der Waals surface area contributed by atoms with E-state index in [-0.39, 0.29) is 6.61 Å². The van der Waals surface area contributed by atoms with Crippen LogP contribution in [0.1, 0.15) is 18.8 Å². The molecule has 2 saturated heterocycles. The van der Waals surface area contributed by atoms with Gasteiger partial charge in [-0.3, -0.25) is 4.79 Å². The summed E-state index contributed by atoms with van der Waals surface area (Å²) in [5.41, 5.74) is 0.803. The first-order valence-corrected chi connectivity index (χ1v) is 8.45. The molecule has 1 aromatic carbocycles. The zero-order valence-corrected chi connectivity index (χ0v) is 15.2. The van der Waals surface area contributed by atoms with Gasteiger partial charge in [-0.2, -0.15) is 0 Å². The van der Waals surface area contributed by atoms with Gasteiger partial charge in [0.05, 0.1) is 13.7 Å². The van der Waals surface area contributed by atoms with E-state index in [1.807, 2.05) is 30.3 Å². The highest BCUT2D eigenvalue weighted by Gasteiger charge is 2.54. The minimum absolute atomic E-state index is 0.187. The number of ether oxygens (including phenoxy) is 7. The Hall–Kier alpha value is -2.20. The molecule has 0 aliphatic carbocycles. The summed E-state index contributed by atoms with van der Waals surface area (Å²) >= 11 is 0. The van der Waals surface area contributed by atoms with Crippen molar-refractivity contribution < 1.29 is 42.7 Å². The molecule has 0 spiro atoms. The van der Waals surface area contributed by atoms with Gasteiger partial charge in [-0.1, -0.05) is 30.3 Å². The average molecular weight is 382 g/mol. The Balaban J connectivity index is 1.85. The van der Waals surface area contributed by atoms with Gasteiger partial charge in [0.2, 0.25) is 0 Å². The largest absolute Gasteiger partial charge is 0.508 e. The van der Waals surface area contributed by atoms with Crippen molar-refractivity contribution in [2.24, 2.45) is 0 Å². The highest BCUT2D eigenvalue weighted by Crippen LogP contribution is 2.36. The Kier molecular flexibility index (Phi) is 6.27. The molecule has 9 heteroatoms. The topological polar surface area (TPSA) is 98.8 Å². The van der Waals surface area contributed by atoms with Gasteiger partial charge in [-0.25, -0.2) is 4.79 Å². The molecule has 1 unspecified atom stereocenters. The van der Waals surface area contributed by atoms with Crippen LogP contribution >= 0.6 is 0 Å². The van der Waals surface area contributed by atoms with Gasteiger partial charge in [-0.15, -0.1) is 0 Å². The van der Waals surface area contributed by atoms with Crippen molar-refractivity contribution in [1.82, 2.24) is 0 Å². The van der Waals surface area contributed by atoms with Gasteiger partial charge in [0, 0.05) is 19.6 Å². The highest BCUT2D eigenvalue weighted by atomic mass is 16.8. The van der Waals surface area contributed by atoms with E-state index < -0.39 is 49.1 Å². The molecule has 0 saturated carbocycles. The lowest BCUT2D eigenvalue weighted by Gasteiger charge is -2.47. The molecule has 6 atom stereocenters. The maximum atomic E-state index is 11.7. The second-order valence-electron chi connectivity index (χ2n) is 6.07. The zero-order valence-electron chi connectivity index (χ0n) is 15.2. The number of rotatable bonds is 4. The van der Waals surface area contributed by atoms with Crippen LogP contribution in [0.2, 0.25) is 0 Å². The predicted molar refractivity (Wildman–Crippen MR) is 88.5 cm³/mol. The van der Waals surface area contributed by atoms with Gasteiger partial charge in [-0.05, 0) is 0 Å². The van der Waals surface area contributed by atoms with Crippen molar-refractivity contribution in [3.05, 3.63) is 35.9 Å². The fourth-order valence-electron chi connectivity index (χ4n) is 3.13. The monoisotopic (exact) mass is 382 g/mol. The molecule has 2 aliphatic rings. The third-order valence-electron chi connectivity index (χ3n) is 4.29. The molecule has 3 rings (SSSR count). The summed E-state index contributed by atoms with van der Waals surface area (Å²) in [6.07, 6.45) is -5.93. The first-order valence-electron chi connectivity index (χ1n) is 8.45. The molecule has 0 bridgehead atoms. The molecule has 27 heavy (non-hydrogen) atoms. The Labute approximate surface area is 156 Å². The maximum Gasteiger partial charge on any atom is 0.508 e. The van der Waals surface area contributed by atoms with Gasteiger partial charge in [0.1, 0.15) is 12.2 Å². The molecular weight excluding hydrogens is 360 g/mol. The van der Waals surface area contributed by atoms with Gasteiger partial charge in [0.15, 0.2) is 24.8 Å². The summed E-state index contributed by atoms with van der Waals surface area (Å²) in [5, 5.41) is 0. The summed E-state index contributed by atoms with van der Waals surface area (Å²) in [4.78, 5) is 23.3. The van der Waals surface area contributed by atoms with Gasteiger partial charge >= 0.3 is 12.1 Å². The number of benzene rings is 1. The molecule has 9 nitrogen and oxygen atoms in total. The summed E-state index contributed by atoms with van der Waals surface area (Å²) in [6.45, 7) is 1.45. The van der Waals surface area contributed by atoms with Gasteiger partial charge < -0.3 is 33.2 Å². The summed E-state index contributed by atoms with van der Waals surface area (Å²) < 4.78 is 38.0. The maximum absolute atomic E-state index is 11.7. The summed E-state index contributed by atoms with van der Waals surface area (Å²) in [7, 11) is 2.56. The van der Waals surface area contributed by atoms with Crippen molar-refractivity contribution in [2.75, 3.05) is 20.8 Å². The third kappa shape index (κ3) is 4.38. The Morgan fingerprint density at radius 2 is 1.78 bits per heavy atom. The first-order chi connectivity index (χ1) is 13.0. The number of carbonyl (C=O) groups excluding carboxylic acids is 2. The van der Waals surface area contributed by atoms with Crippen LogP contribution in [0.15, 0.2) is 30.3 Å². The normalized spacial score (nSPS) is 32.9. The molecule has 1 aromatic rings. The van der Waals surface area contributed by atoms with Crippen LogP contribution in [0.25, 0.3) is 0 Å². The second kappa shape index (κ2) is 8.66. The lowest BCUT2D eigenvalue weighted by Crippen LogP contribution is -2.64. The van der Waals surface area contributed by atoms with Crippen LogP contribution in [-0.4, -0.2) is 63.7 Å². The van der Waals surface area contributed by atoms with Crippen molar-refractivity contribution in [3.8, 4) is 0 Å². The fraction of sp³-hybridized carbons (Fsp3) is 0.556. The van der Waals surface area contributed by atoms with Crippen molar-refractivity contribution in [1.29, 1.82) is 0 Å². The van der Waals surface area contributed by atoms with E-state index in [1.165, 1.54) is 21.1 Å². The number of fused-ring (bicyclic) bond motifs is 1. The number of carbonyl (C=O) groups is 2. The van der Waals surface area contributed by atoms with Crippen LogP contribution in [0.3, 0.4) is 0 Å². The quantitative estimate of drug-likeness (QED) is 0.718. The molecule has 2 aliphatic heterocycles. The molecule has 2 heterocycles. The molecule has 2 fully saturated rings. The van der Waals surface area contributed by atoms with E-state index in [1.54, 1.807) is 0 Å². The SMILES string of the molecule is COC(=O)O[C@H]1[C@@H](OC)O[C@@H]2COC(c3ccccc3)O[C@H]2[C@@H]1OC(C)=O. The summed E-state index contributed by atoms with van der Waals surface area (Å²) in [6, 6.07) is 9.31. The smallest absolute Gasteiger partial charge is 0.455 e. The van der Waals surface area contributed by atoms with Gasteiger partial charge in [0.25, 0.3) is 0 Å². The lowest BCUT2D eigenvalue weighted by atomic mass is 9.97. The van der Waals surface area contributed by atoms with Crippen molar-refractivity contribution >= 4 is 12.1 Å². The van der Waals surface area contributed by atoms with E-state index in [4.69, 9.17) is 28.4 Å². The fourth-order valence-corrected chi connectivity index (χ4v) is 3.13. The van der Waals surface area contributed by atoms with Crippen LogP contribution in [-0.2, 0) is 38.0 Å². The molecular formula is C18H22O9. The van der Waals surface area contributed by atoms with Crippen LogP contribution in [0.5, 0.6) is 0 Å². The zero-order chi connectivity index (χ0) is 19.4. The highest BCUT2D eigenvalue weighted by molar-refractivity contribution is 5.66. The first kappa shape index (κ1) is 19.6. The second-order valence-corrected chi connectivity index (χ2v) is 6.07. The number of hydrogen-bond acceptors (Lipinski definition) is 9. The van der Waals surface area contributed by atoms with Crippen LogP contribution < -0.4 is 0 Å². The standard InChI is InChI=1S/C18H22O9/c1-10(19)24-14-13-12(25-17(21-2)15(14)27-18(20)22-3)9-23-16(26-13)11-7-5-4-6-8-11/h4-8,12-17H,9H2,1-3H3/t12-,13-,14+,15-,16?,17+/m1/s1. The third-order valence-corrected chi connectivity index (χ3v) is 4.29. The van der Waals surface area contributed by atoms with E-state index in [2.05, 4.69) is 4.74 Å². The van der Waals surface area contributed by atoms with Crippen LogP contribution in [0, 0.1) is 0 Å². The molecule has 148 valence electrons. The summed E-state index contributed by atoms with van der Waals surface area (Å²) in [5.74, 6) is -0.555. The molecule has 0 N–H and O–H groups in total. The number of esters is 1. The average Bonchev–Trinajstić information content (AvgIpc) is 2.69. The van der Waals surface area contributed by atoms with E-state index >= 15 is 0 Å². The van der Waals surface area contributed by atoms with Crippen LogP contribution in [0.4, 0.5) is 4.79 Å². The molecule has 0 aromatic heterocycles. The van der Waals surface area contributed by atoms with E-state index in [0.717, 1.165) is 5.56 Å². The molecule has 0 radical (unpaired) electrons. The van der Waals surface area contributed by atoms with E-state index in [9.17, 15) is 9.59 Å². The molecule has 0 amide bonds. The minimum Gasteiger partial charge on any atom is -0.455 e. The van der Waals surface area contributed by atoms with Crippen molar-refractivity contribution in [2.45, 2.75) is 43.9 Å². The predicted octanol–water partition coefficient (Wildman–Crippen LogP) is 1.56. The lowest BCUT2D eigenvalue weighted by molar-refractivity contribution is -0.358. The Bertz CT molecular complexity index is 649. The number of hydrogen-bond donors (Lipinski definition) is 0. The van der Waals surface area contributed by atoms with Crippen molar-refractivity contribution in [3.63, 3.8) is 0 Å². The minimum atomic E-state index is -1.07.